The minimum absolute atomic E-state index is 0.0572. The van der Waals surface area contributed by atoms with E-state index in [2.05, 4.69) is 15.3 Å². The van der Waals surface area contributed by atoms with Crippen molar-refractivity contribution in [3.63, 3.8) is 0 Å². The van der Waals surface area contributed by atoms with Crippen LogP contribution in [-0.4, -0.2) is 27.5 Å². The van der Waals surface area contributed by atoms with Crippen LogP contribution in [0.3, 0.4) is 0 Å². The first kappa shape index (κ1) is 20.6. The Hall–Kier alpha value is -3.14. The monoisotopic (exact) mass is 422 g/mol. The smallest absolute Gasteiger partial charge is 0.215 e. The summed E-state index contributed by atoms with van der Waals surface area (Å²) in [6, 6.07) is 7.51. The second-order valence-corrected chi connectivity index (χ2v) is 8.62. The van der Waals surface area contributed by atoms with Gasteiger partial charge < -0.3 is 10.1 Å². The van der Waals surface area contributed by atoms with Crippen molar-refractivity contribution in [2.75, 3.05) is 18.7 Å². The van der Waals surface area contributed by atoms with E-state index in [0.29, 0.717) is 5.56 Å². The summed E-state index contributed by atoms with van der Waals surface area (Å²) in [5.74, 6) is -2.50. The predicted octanol–water partition coefficient (Wildman–Crippen LogP) is 4.49. The fourth-order valence-corrected chi connectivity index (χ4v) is 3.57. The molecule has 0 saturated carbocycles. The molecule has 6 nitrogen and oxygen atoms in total. The van der Waals surface area contributed by atoms with E-state index in [1.807, 2.05) is 0 Å². The molecule has 10 heteroatoms. The first-order chi connectivity index (χ1) is 13.7. The molecule has 0 fully saturated rings. The number of ether oxygens (including phenoxy) is 1. The van der Waals surface area contributed by atoms with E-state index in [4.69, 9.17) is 9.52 Å². The second-order valence-electron chi connectivity index (χ2n) is 6.32. The zero-order valence-corrected chi connectivity index (χ0v) is 16.3. The van der Waals surface area contributed by atoms with Gasteiger partial charge in [-0.15, -0.1) is 0 Å². The van der Waals surface area contributed by atoms with Crippen LogP contribution < -0.4 is 10.1 Å². The summed E-state index contributed by atoms with van der Waals surface area (Å²) in [6.45, 7) is 0. The minimum atomic E-state index is -2.90. The standard InChI is InChI=1S/C19H17F3N4O2S/c1-28-15-9-12(20)3-4-13(15)14-5-6-24-19(18(14)22)26-17-8-11(7-16(21)25-17)10-29(2,23)27/h3-9,23H,10H2,1-2H3,(H,24,25,26). The fourth-order valence-electron chi connectivity index (χ4n) is 2.76. The Kier molecular flexibility index (Phi) is 5.73. The third kappa shape index (κ3) is 5.02. The molecule has 3 rings (SSSR count). The topological polar surface area (TPSA) is 88.0 Å². The van der Waals surface area contributed by atoms with E-state index in [-0.39, 0.29) is 34.3 Å². The number of aromatic nitrogens is 2. The number of nitrogens with zero attached hydrogens (tertiary/aromatic N) is 2. The van der Waals surface area contributed by atoms with Crippen LogP contribution in [0.5, 0.6) is 5.75 Å². The number of halogens is 3. The van der Waals surface area contributed by atoms with Gasteiger partial charge in [-0.05, 0) is 35.9 Å². The van der Waals surface area contributed by atoms with Gasteiger partial charge in [0, 0.05) is 39.4 Å². The Labute approximate surface area is 165 Å². The predicted molar refractivity (Wildman–Crippen MR) is 104 cm³/mol. The molecule has 2 heterocycles. The molecule has 2 aromatic heterocycles. The van der Waals surface area contributed by atoms with Crippen molar-refractivity contribution in [1.29, 1.82) is 4.78 Å². The van der Waals surface area contributed by atoms with Crippen LogP contribution in [0.15, 0.2) is 42.6 Å². The fraction of sp³-hybridized carbons (Fsp3) is 0.158. The SMILES string of the molecule is COc1cc(F)ccc1-c1ccnc(Nc2cc(CS(C)(=N)=O)cc(F)n2)c1F. The Bertz CT molecular complexity index is 1170. The number of nitrogens with one attached hydrogen (secondary N) is 2. The molecule has 29 heavy (non-hydrogen) atoms. The van der Waals surface area contributed by atoms with Crippen molar-refractivity contribution in [1.82, 2.24) is 9.97 Å². The van der Waals surface area contributed by atoms with Crippen LogP contribution in [0, 0.1) is 22.4 Å². The average Bonchev–Trinajstić information content (AvgIpc) is 2.61. The molecule has 0 aliphatic heterocycles. The summed E-state index contributed by atoms with van der Waals surface area (Å²) >= 11 is 0. The van der Waals surface area contributed by atoms with Gasteiger partial charge >= 0.3 is 0 Å². The van der Waals surface area contributed by atoms with E-state index < -0.39 is 27.3 Å². The lowest BCUT2D eigenvalue weighted by molar-refractivity contribution is 0.412. The Balaban J connectivity index is 1.99. The van der Waals surface area contributed by atoms with Crippen molar-refractivity contribution in [2.24, 2.45) is 0 Å². The molecule has 0 aliphatic carbocycles. The Morgan fingerprint density at radius 1 is 1.14 bits per heavy atom. The van der Waals surface area contributed by atoms with Gasteiger partial charge in [-0.1, -0.05) is 0 Å². The highest BCUT2D eigenvalue weighted by Crippen LogP contribution is 2.34. The normalized spacial score (nSPS) is 13.0. The van der Waals surface area contributed by atoms with E-state index in [0.717, 1.165) is 12.1 Å². The number of hydrogen-bond donors (Lipinski definition) is 2. The maximum absolute atomic E-state index is 15.1. The molecule has 0 bridgehead atoms. The van der Waals surface area contributed by atoms with Gasteiger partial charge in [0.1, 0.15) is 17.4 Å². The molecule has 1 unspecified atom stereocenters. The third-order valence-electron chi connectivity index (χ3n) is 3.89. The van der Waals surface area contributed by atoms with Gasteiger partial charge in [-0.3, -0.25) is 4.78 Å². The van der Waals surface area contributed by atoms with Crippen LogP contribution in [0.1, 0.15) is 5.56 Å². The first-order valence-corrected chi connectivity index (χ1v) is 10.4. The lowest BCUT2D eigenvalue weighted by Gasteiger charge is -2.13. The molecule has 0 spiro atoms. The van der Waals surface area contributed by atoms with Crippen LogP contribution in [-0.2, 0) is 15.5 Å². The van der Waals surface area contributed by atoms with E-state index >= 15 is 4.39 Å². The van der Waals surface area contributed by atoms with Crippen LogP contribution >= 0.6 is 0 Å². The highest BCUT2D eigenvalue weighted by atomic mass is 32.2. The first-order valence-electron chi connectivity index (χ1n) is 8.29. The zero-order valence-electron chi connectivity index (χ0n) is 15.5. The molecule has 3 aromatic rings. The van der Waals surface area contributed by atoms with Crippen LogP contribution in [0.2, 0.25) is 0 Å². The summed E-state index contributed by atoms with van der Waals surface area (Å²) in [7, 11) is -1.56. The van der Waals surface area contributed by atoms with E-state index in [9.17, 15) is 13.0 Å². The highest BCUT2D eigenvalue weighted by Gasteiger charge is 2.17. The van der Waals surface area contributed by atoms with Gasteiger partial charge in [0.05, 0.1) is 12.9 Å². The Morgan fingerprint density at radius 2 is 1.90 bits per heavy atom. The van der Waals surface area contributed by atoms with Gasteiger partial charge in [0.2, 0.25) is 5.95 Å². The summed E-state index contributed by atoms with van der Waals surface area (Å²) in [5.41, 5.74) is 0.683. The van der Waals surface area contributed by atoms with E-state index in [1.165, 1.54) is 43.8 Å². The molecule has 2 N–H and O–H groups in total. The maximum Gasteiger partial charge on any atom is 0.215 e. The summed E-state index contributed by atoms with van der Waals surface area (Å²) in [6.07, 6.45) is 2.56. The number of methoxy groups -OCH3 is 1. The molecule has 0 radical (unpaired) electrons. The number of benzene rings is 1. The highest BCUT2D eigenvalue weighted by molar-refractivity contribution is 7.90. The van der Waals surface area contributed by atoms with Gasteiger partial charge in [-0.25, -0.2) is 23.0 Å². The number of rotatable bonds is 6. The maximum atomic E-state index is 15.1. The summed E-state index contributed by atoms with van der Waals surface area (Å²) in [4.78, 5) is 7.54. The van der Waals surface area contributed by atoms with Gasteiger partial charge in [0.25, 0.3) is 0 Å². The van der Waals surface area contributed by atoms with Crippen molar-refractivity contribution in [3.8, 4) is 16.9 Å². The molecular formula is C19H17F3N4O2S. The quantitative estimate of drug-likeness (QED) is 0.572. The Morgan fingerprint density at radius 3 is 2.59 bits per heavy atom. The molecular weight excluding hydrogens is 405 g/mol. The van der Waals surface area contributed by atoms with Crippen molar-refractivity contribution >= 4 is 21.4 Å². The van der Waals surface area contributed by atoms with Gasteiger partial charge in [0.15, 0.2) is 11.6 Å². The minimum Gasteiger partial charge on any atom is -0.496 e. The number of hydrogen-bond acceptors (Lipinski definition) is 6. The molecule has 152 valence electrons. The number of anilines is 2. The summed E-state index contributed by atoms with van der Waals surface area (Å²) in [5, 5.41) is 2.59. The second kappa shape index (κ2) is 8.08. The average molecular weight is 422 g/mol. The number of pyridine rings is 2. The van der Waals surface area contributed by atoms with Crippen molar-refractivity contribution in [2.45, 2.75) is 5.75 Å². The lowest BCUT2D eigenvalue weighted by Crippen LogP contribution is -2.05. The lowest BCUT2D eigenvalue weighted by atomic mass is 10.0. The molecule has 1 atom stereocenters. The molecule has 0 aliphatic rings. The van der Waals surface area contributed by atoms with Gasteiger partial charge in [-0.2, -0.15) is 4.39 Å². The molecule has 0 saturated heterocycles. The largest absolute Gasteiger partial charge is 0.496 e. The van der Waals surface area contributed by atoms with Crippen molar-refractivity contribution in [3.05, 3.63) is 65.7 Å². The zero-order chi connectivity index (χ0) is 21.2. The summed E-state index contributed by atoms with van der Waals surface area (Å²) < 4.78 is 66.6. The van der Waals surface area contributed by atoms with Crippen molar-refractivity contribution < 1.29 is 22.1 Å². The third-order valence-corrected chi connectivity index (χ3v) is 4.77. The molecule has 1 aromatic carbocycles. The van der Waals surface area contributed by atoms with E-state index in [1.54, 1.807) is 0 Å². The van der Waals surface area contributed by atoms with Crippen LogP contribution in [0.4, 0.5) is 24.8 Å². The molecule has 0 amide bonds. The van der Waals surface area contributed by atoms with Crippen LogP contribution in [0.25, 0.3) is 11.1 Å².